The molecule has 1 amide bonds. The van der Waals surface area contributed by atoms with Crippen molar-refractivity contribution in [3.8, 4) is 5.75 Å². The molecule has 0 radical (unpaired) electrons. The summed E-state index contributed by atoms with van der Waals surface area (Å²) in [5.74, 6) is -0.880. The van der Waals surface area contributed by atoms with Gasteiger partial charge in [-0.25, -0.2) is 0 Å². The minimum absolute atomic E-state index is 0.0683. The van der Waals surface area contributed by atoms with E-state index < -0.39 is 17.7 Å². The number of aliphatic hydroxyl groups excluding tert-OH is 1. The van der Waals surface area contributed by atoms with E-state index in [4.69, 9.17) is 16.3 Å². The van der Waals surface area contributed by atoms with Crippen molar-refractivity contribution < 1.29 is 19.4 Å². The maximum absolute atomic E-state index is 13.0. The van der Waals surface area contributed by atoms with Gasteiger partial charge in [-0.15, -0.1) is 0 Å². The Morgan fingerprint density at radius 2 is 1.87 bits per heavy atom. The SMILES string of the molecule is CCCOc1cccc([C@H]2/C(=C(\O)c3ccc(Cl)cc3)C(=O)C(=O)N2CCN(C)C)c1. The monoisotopic (exact) mass is 442 g/mol. The second-order valence-corrected chi connectivity index (χ2v) is 8.16. The van der Waals surface area contributed by atoms with E-state index in [0.717, 1.165) is 6.42 Å². The van der Waals surface area contributed by atoms with E-state index in [-0.39, 0.29) is 11.3 Å². The van der Waals surface area contributed by atoms with Crippen molar-refractivity contribution in [2.45, 2.75) is 19.4 Å². The molecule has 1 N–H and O–H groups in total. The average molecular weight is 443 g/mol. The Bertz CT molecular complexity index is 985. The third kappa shape index (κ3) is 5.09. The number of ether oxygens (including phenoxy) is 1. The third-order valence-electron chi connectivity index (χ3n) is 5.09. The van der Waals surface area contributed by atoms with Gasteiger partial charge in [0.15, 0.2) is 0 Å². The molecule has 0 aliphatic carbocycles. The van der Waals surface area contributed by atoms with E-state index in [1.165, 1.54) is 4.90 Å². The Morgan fingerprint density at radius 3 is 2.52 bits per heavy atom. The molecule has 6 nitrogen and oxygen atoms in total. The molecule has 1 fully saturated rings. The number of amides is 1. The highest BCUT2D eigenvalue weighted by atomic mass is 35.5. The van der Waals surface area contributed by atoms with Crippen molar-refractivity contribution in [3.63, 3.8) is 0 Å². The fraction of sp³-hybridized carbons (Fsp3) is 0.333. The number of hydrogen-bond acceptors (Lipinski definition) is 5. The topological polar surface area (TPSA) is 70.1 Å². The van der Waals surface area contributed by atoms with E-state index in [1.807, 2.05) is 50.2 Å². The Morgan fingerprint density at radius 1 is 1.16 bits per heavy atom. The summed E-state index contributed by atoms with van der Waals surface area (Å²) in [5, 5.41) is 11.5. The van der Waals surface area contributed by atoms with Gasteiger partial charge in [-0.2, -0.15) is 0 Å². The van der Waals surface area contributed by atoms with Crippen LogP contribution in [0.3, 0.4) is 0 Å². The molecule has 2 aromatic carbocycles. The van der Waals surface area contributed by atoms with Crippen molar-refractivity contribution in [2.24, 2.45) is 0 Å². The van der Waals surface area contributed by atoms with Crippen LogP contribution in [-0.4, -0.2) is 60.4 Å². The van der Waals surface area contributed by atoms with Gasteiger partial charge in [-0.3, -0.25) is 9.59 Å². The number of ketones is 1. The second-order valence-electron chi connectivity index (χ2n) is 7.72. The van der Waals surface area contributed by atoms with Crippen LogP contribution in [0.2, 0.25) is 5.02 Å². The number of Topliss-reactive ketones (excluding diaryl/α,β-unsaturated/α-hetero) is 1. The number of likely N-dealkylation sites (tertiary alicyclic amines) is 1. The molecule has 2 aromatic rings. The fourth-order valence-corrected chi connectivity index (χ4v) is 3.65. The first-order valence-electron chi connectivity index (χ1n) is 10.2. The Balaban J connectivity index is 2.11. The lowest BCUT2D eigenvalue weighted by atomic mass is 9.95. The lowest BCUT2D eigenvalue weighted by molar-refractivity contribution is -0.140. The number of carbonyl (C=O) groups is 2. The predicted octanol–water partition coefficient (Wildman–Crippen LogP) is 4.11. The molecule has 0 saturated carbocycles. The summed E-state index contributed by atoms with van der Waals surface area (Å²) < 4.78 is 5.75. The lowest BCUT2D eigenvalue weighted by Gasteiger charge is -2.27. The number of rotatable bonds is 8. The number of hydrogen-bond donors (Lipinski definition) is 1. The highest BCUT2D eigenvalue weighted by Gasteiger charge is 2.46. The predicted molar refractivity (Wildman–Crippen MR) is 121 cm³/mol. The molecule has 7 heteroatoms. The molecule has 1 atom stereocenters. The molecule has 0 spiro atoms. The zero-order valence-corrected chi connectivity index (χ0v) is 18.7. The van der Waals surface area contributed by atoms with Gasteiger partial charge in [-0.1, -0.05) is 30.7 Å². The van der Waals surface area contributed by atoms with E-state index >= 15 is 0 Å². The molecule has 0 unspecified atom stereocenters. The van der Waals surface area contributed by atoms with Gasteiger partial charge in [0.25, 0.3) is 11.7 Å². The van der Waals surface area contributed by atoms with Crippen LogP contribution in [0.1, 0.15) is 30.5 Å². The summed E-state index contributed by atoms with van der Waals surface area (Å²) in [5.41, 5.74) is 1.21. The molecular weight excluding hydrogens is 416 g/mol. The van der Waals surface area contributed by atoms with E-state index in [9.17, 15) is 14.7 Å². The number of carbonyl (C=O) groups excluding carboxylic acids is 2. The number of benzene rings is 2. The summed E-state index contributed by atoms with van der Waals surface area (Å²) in [4.78, 5) is 29.4. The summed E-state index contributed by atoms with van der Waals surface area (Å²) in [6.07, 6.45) is 0.863. The van der Waals surface area contributed by atoms with Crippen LogP contribution in [0.25, 0.3) is 5.76 Å². The first kappa shape index (κ1) is 22.8. The van der Waals surface area contributed by atoms with E-state index in [2.05, 4.69) is 0 Å². The molecule has 164 valence electrons. The maximum Gasteiger partial charge on any atom is 0.295 e. The van der Waals surface area contributed by atoms with Crippen LogP contribution in [0, 0.1) is 0 Å². The Hall–Kier alpha value is -2.83. The number of nitrogens with zero attached hydrogens (tertiary/aromatic N) is 2. The molecule has 1 heterocycles. The highest BCUT2D eigenvalue weighted by Crippen LogP contribution is 2.40. The number of likely N-dealkylation sites (N-methyl/N-ethyl adjacent to an activating group) is 1. The molecule has 1 saturated heterocycles. The molecule has 0 bridgehead atoms. The molecule has 31 heavy (non-hydrogen) atoms. The smallest absolute Gasteiger partial charge is 0.295 e. The van der Waals surface area contributed by atoms with Gasteiger partial charge >= 0.3 is 0 Å². The first-order valence-corrected chi connectivity index (χ1v) is 10.6. The van der Waals surface area contributed by atoms with Crippen LogP contribution in [0.15, 0.2) is 54.1 Å². The van der Waals surface area contributed by atoms with Crippen LogP contribution in [0.4, 0.5) is 0 Å². The van der Waals surface area contributed by atoms with Gasteiger partial charge in [0.05, 0.1) is 18.2 Å². The summed E-state index contributed by atoms with van der Waals surface area (Å²) in [7, 11) is 3.80. The average Bonchev–Trinajstić information content (AvgIpc) is 3.01. The third-order valence-corrected chi connectivity index (χ3v) is 5.34. The molecule has 1 aliphatic heterocycles. The van der Waals surface area contributed by atoms with Gasteiger partial charge in [0.1, 0.15) is 11.5 Å². The van der Waals surface area contributed by atoms with E-state index in [0.29, 0.717) is 41.6 Å². The molecule has 1 aliphatic rings. The second kappa shape index (κ2) is 9.98. The fourth-order valence-electron chi connectivity index (χ4n) is 3.52. The molecule has 3 rings (SSSR count). The highest BCUT2D eigenvalue weighted by molar-refractivity contribution is 6.46. The van der Waals surface area contributed by atoms with Gasteiger partial charge in [0.2, 0.25) is 0 Å². The molecular formula is C24H27ClN2O4. The number of aliphatic hydroxyl groups is 1. The van der Waals surface area contributed by atoms with Gasteiger partial charge < -0.3 is 19.6 Å². The summed E-state index contributed by atoms with van der Waals surface area (Å²) in [6, 6.07) is 13.1. The minimum Gasteiger partial charge on any atom is -0.507 e. The minimum atomic E-state index is -0.708. The lowest BCUT2D eigenvalue weighted by Crippen LogP contribution is -2.35. The summed E-state index contributed by atoms with van der Waals surface area (Å²) in [6.45, 7) is 3.51. The first-order chi connectivity index (χ1) is 14.8. The van der Waals surface area contributed by atoms with Crippen molar-refractivity contribution in [1.29, 1.82) is 0 Å². The zero-order chi connectivity index (χ0) is 22.5. The Labute approximate surface area is 187 Å². The Kier molecular flexibility index (Phi) is 7.36. The van der Waals surface area contributed by atoms with Crippen LogP contribution in [-0.2, 0) is 9.59 Å². The van der Waals surface area contributed by atoms with Crippen molar-refractivity contribution >= 4 is 29.1 Å². The van der Waals surface area contributed by atoms with Crippen LogP contribution < -0.4 is 4.74 Å². The normalized spacial score (nSPS) is 18.1. The maximum atomic E-state index is 13.0. The largest absolute Gasteiger partial charge is 0.507 e. The summed E-state index contributed by atoms with van der Waals surface area (Å²) >= 11 is 5.96. The van der Waals surface area contributed by atoms with Crippen LogP contribution in [0.5, 0.6) is 5.75 Å². The van der Waals surface area contributed by atoms with Crippen molar-refractivity contribution in [3.05, 3.63) is 70.3 Å². The van der Waals surface area contributed by atoms with E-state index in [1.54, 1.807) is 24.3 Å². The van der Waals surface area contributed by atoms with Gasteiger partial charge in [0, 0.05) is 23.7 Å². The standard InChI is InChI=1S/C24H27ClN2O4/c1-4-14-31-19-7-5-6-17(15-19)21-20(22(28)16-8-10-18(25)11-9-16)23(29)24(30)27(21)13-12-26(2)3/h5-11,15,21,28H,4,12-14H2,1-3H3/b22-20+/t21-/m0/s1. The number of halogens is 1. The van der Waals surface area contributed by atoms with Crippen LogP contribution >= 0.6 is 11.6 Å². The zero-order valence-electron chi connectivity index (χ0n) is 18.0. The van der Waals surface area contributed by atoms with Gasteiger partial charge in [-0.05, 0) is 62.5 Å². The van der Waals surface area contributed by atoms with Crippen molar-refractivity contribution in [1.82, 2.24) is 9.80 Å². The molecule has 0 aromatic heterocycles. The van der Waals surface area contributed by atoms with Crippen molar-refractivity contribution in [2.75, 3.05) is 33.8 Å². The quantitative estimate of drug-likeness (QED) is 0.378.